The van der Waals surface area contributed by atoms with Crippen LogP contribution in [0.25, 0.3) is 11.1 Å². The minimum Gasteiger partial charge on any atom is -0.399 e. The lowest BCUT2D eigenvalue weighted by molar-refractivity contribution is 0.405. The highest BCUT2D eigenvalue weighted by Gasteiger charge is 2.42. The van der Waals surface area contributed by atoms with Crippen molar-refractivity contribution in [3.63, 3.8) is 0 Å². The Kier molecular flexibility index (Phi) is 2.75. The molecule has 1 aliphatic carbocycles. The second-order valence-electron chi connectivity index (χ2n) is 5.39. The molecule has 19 heavy (non-hydrogen) atoms. The first kappa shape index (κ1) is 11.8. The maximum Gasteiger partial charge on any atom is 0.0628 e. The van der Waals surface area contributed by atoms with Crippen LogP contribution in [0.2, 0.25) is 0 Å². The van der Waals surface area contributed by atoms with Gasteiger partial charge in [0.2, 0.25) is 0 Å². The Morgan fingerprint density at radius 3 is 2.89 bits per heavy atom. The molecule has 0 radical (unpaired) electrons. The molecule has 1 fully saturated rings. The third-order valence-electron chi connectivity index (χ3n) is 3.76. The number of nitrogens with zero attached hydrogens (tertiary/aromatic N) is 3. The molecule has 1 aliphatic rings. The average molecular weight is 252 g/mol. The summed E-state index contributed by atoms with van der Waals surface area (Å²) in [7, 11) is 0. The number of nitrogen functional groups attached to an aromatic ring is 1. The zero-order valence-corrected chi connectivity index (χ0v) is 10.7. The molecule has 0 atom stereocenters. The van der Waals surface area contributed by atoms with E-state index < -0.39 is 0 Å². The highest BCUT2D eigenvalue weighted by molar-refractivity contribution is 5.65. The van der Waals surface area contributed by atoms with E-state index in [-0.39, 0.29) is 5.41 Å². The summed E-state index contributed by atoms with van der Waals surface area (Å²) < 4.78 is 1.95. The molecule has 0 unspecified atom stereocenters. The van der Waals surface area contributed by atoms with Crippen molar-refractivity contribution in [2.45, 2.75) is 25.8 Å². The minimum atomic E-state index is 0.174. The molecule has 1 aromatic carbocycles. The van der Waals surface area contributed by atoms with E-state index in [1.165, 1.54) is 0 Å². The Morgan fingerprint density at radius 1 is 1.37 bits per heavy atom. The molecule has 0 amide bonds. The van der Waals surface area contributed by atoms with Gasteiger partial charge in [0.05, 0.1) is 12.3 Å². The molecule has 0 spiro atoms. The number of benzene rings is 1. The Labute approximate surface area is 112 Å². The zero-order chi connectivity index (χ0) is 13.3. The van der Waals surface area contributed by atoms with Crippen LogP contribution in [-0.2, 0) is 6.54 Å². The molecule has 2 N–H and O–H groups in total. The monoisotopic (exact) mass is 252 g/mol. The van der Waals surface area contributed by atoms with Crippen LogP contribution in [0, 0.1) is 16.7 Å². The SMILES string of the molecule is N#CCC1(Cn2cc(-c3cccc(N)c3)cn2)CC1. The topological polar surface area (TPSA) is 67.6 Å². The van der Waals surface area contributed by atoms with Gasteiger partial charge in [0.25, 0.3) is 0 Å². The van der Waals surface area contributed by atoms with E-state index in [4.69, 9.17) is 11.0 Å². The standard InChI is InChI=1S/C15H16N4/c16-7-6-15(4-5-15)11-19-10-13(9-18-19)12-2-1-3-14(17)8-12/h1-3,8-10H,4-6,11,17H2. The molecular weight excluding hydrogens is 236 g/mol. The van der Waals surface area contributed by atoms with Gasteiger partial charge in [-0.1, -0.05) is 12.1 Å². The first-order chi connectivity index (χ1) is 9.21. The molecule has 96 valence electrons. The van der Waals surface area contributed by atoms with Crippen LogP contribution >= 0.6 is 0 Å². The van der Waals surface area contributed by atoms with Crippen molar-refractivity contribution in [1.82, 2.24) is 9.78 Å². The van der Waals surface area contributed by atoms with Crippen molar-refractivity contribution in [1.29, 1.82) is 5.26 Å². The van der Waals surface area contributed by atoms with E-state index in [1.54, 1.807) is 0 Å². The molecule has 0 bridgehead atoms. The van der Waals surface area contributed by atoms with Gasteiger partial charge in [0.1, 0.15) is 0 Å². The van der Waals surface area contributed by atoms with Gasteiger partial charge in [-0.2, -0.15) is 10.4 Å². The summed E-state index contributed by atoms with van der Waals surface area (Å²) >= 11 is 0. The molecule has 1 aromatic heterocycles. The Bertz CT molecular complexity index is 632. The van der Waals surface area contributed by atoms with Gasteiger partial charge >= 0.3 is 0 Å². The van der Waals surface area contributed by atoms with Gasteiger partial charge in [-0.25, -0.2) is 0 Å². The number of nitriles is 1. The fraction of sp³-hybridized carbons (Fsp3) is 0.333. The zero-order valence-electron chi connectivity index (χ0n) is 10.7. The fourth-order valence-electron chi connectivity index (χ4n) is 2.40. The lowest BCUT2D eigenvalue weighted by Crippen LogP contribution is -2.11. The van der Waals surface area contributed by atoms with Crippen LogP contribution in [0.15, 0.2) is 36.7 Å². The largest absolute Gasteiger partial charge is 0.399 e. The van der Waals surface area contributed by atoms with Crippen molar-refractivity contribution in [3.05, 3.63) is 36.7 Å². The third kappa shape index (κ3) is 2.45. The predicted octanol–water partition coefficient (Wildman–Crippen LogP) is 2.83. The van der Waals surface area contributed by atoms with Crippen molar-refractivity contribution in [2.75, 3.05) is 5.73 Å². The summed E-state index contributed by atoms with van der Waals surface area (Å²) in [4.78, 5) is 0. The highest BCUT2D eigenvalue weighted by Crippen LogP contribution is 2.49. The number of rotatable bonds is 4. The Morgan fingerprint density at radius 2 is 2.21 bits per heavy atom. The lowest BCUT2D eigenvalue weighted by atomic mass is 10.0. The summed E-state index contributed by atoms with van der Waals surface area (Å²) in [5.41, 5.74) is 8.87. The summed E-state index contributed by atoms with van der Waals surface area (Å²) in [6.45, 7) is 0.836. The van der Waals surface area contributed by atoms with Gasteiger partial charge in [-0.3, -0.25) is 4.68 Å². The third-order valence-corrected chi connectivity index (χ3v) is 3.76. The van der Waals surface area contributed by atoms with Gasteiger partial charge in [-0.05, 0) is 30.5 Å². The number of aromatic nitrogens is 2. The van der Waals surface area contributed by atoms with Gasteiger partial charge in [0.15, 0.2) is 0 Å². The van der Waals surface area contributed by atoms with Gasteiger partial charge in [0, 0.05) is 35.8 Å². The summed E-state index contributed by atoms with van der Waals surface area (Å²) in [6.07, 6.45) is 6.78. The maximum absolute atomic E-state index is 8.84. The summed E-state index contributed by atoms with van der Waals surface area (Å²) in [5.74, 6) is 0. The van der Waals surface area contributed by atoms with E-state index in [1.807, 2.05) is 41.3 Å². The molecule has 4 heteroatoms. The molecule has 4 nitrogen and oxygen atoms in total. The van der Waals surface area contributed by atoms with E-state index in [0.717, 1.165) is 36.2 Å². The lowest BCUT2D eigenvalue weighted by Gasteiger charge is -2.10. The van der Waals surface area contributed by atoms with Crippen LogP contribution in [0.1, 0.15) is 19.3 Å². The molecule has 2 aromatic rings. The minimum absolute atomic E-state index is 0.174. The Hall–Kier alpha value is -2.28. The van der Waals surface area contributed by atoms with Crippen molar-refractivity contribution in [2.24, 2.45) is 5.41 Å². The smallest absolute Gasteiger partial charge is 0.0628 e. The van der Waals surface area contributed by atoms with Crippen LogP contribution in [0.5, 0.6) is 0 Å². The number of hydrogen-bond acceptors (Lipinski definition) is 3. The number of hydrogen-bond donors (Lipinski definition) is 1. The van der Waals surface area contributed by atoms with Crippen LogP contribution in [0.4, 0.5) is 5.69 Å². The van der Waals surface area contributed by atoms with E-state index >= 15 is 0 Å². The first-order valence-corrected chi connectivity index (χ1v) is 6.46. The van der Waals surface area contributed by atoms with Crippen LogP contribution in [0.3, 0.4) is 0 Å². The van der Waals surface area contributed by atoms with E-state index in [9.17, 15) is 0 Å². The predicted molar refractivity (Wildman–Crippen MR) is 74.0 cm³/mol. The van der Waals surface area contributed by atoms with Crippen molar-refractivity contribution >= 4 is 5.69 Å². The quantitative estimate of drug-likeness (QED) is 0.851. The molecule has 3 rings (SSSR count). The summed E-state index contributed by atoms with van der Waals surface area (Å²) in [5, 5.41) is 13.2. The molecule has 0 saturated heterocycles. The van der Waals surface area contributed by atoms with E-state index in [2.05, 4.69) is 11.2 Å². The molecular formula is C15H16N4. The van der Waals surface area contributed by atoms with Crippen LogP contribution in [-0.4, -0.2) is 9.78 Å². The molecule has 1 saturated carbocycles. The second-order valence-corrected chi connectivity index (χ2v) is 5.39. The normalized spacial score (nSPS) is 15.9. The number of anilines is 1. The highest BCUT2D eigenvalue weighted by atomic mass is 15.3. The molecule has 1 heterocycles. The van der Waals surface area contributed by atoms with Crippen molar-refractivity contribution < 1.29 is 0 Å². The first-order valence-electron chi connectivity index (χ1n) is 6.46. The average Bonchev–Trinajstić information content (AvgIpc) is 2.98. The summed E-state index contributed by atoms with van der Waals surface area (Å²) in [6, 6.07) is 10.1. The van der Waals surface area contributed by atoms with Gasteiger partial charge in [-0.15, -0.1) is 0 Å². The van der Waals surface area contributed by atoms with E-state index in [0.29, 0.717) is 6.42 Å². The number of nitrogens with two attached hydrogens (primary N) is 1. The second kappa shape index (κ2) is 4.43. The van der Waals surface area contributed by atoms with Crippen molar-refractivity contribution in [3.8, 4) is 17.2 Å². The maximum atomic E-state index is 8.84. The van der Waals surface area contributed by atoms with Gasteiger partial charge < -0.3 is 5.73 Å². The Balaban J connectivity index is 1.79. The fourth-order valence-corrected chi connectivity index (χ4v) is 2.40. The van der Waals surface area contributed by atoms with Crippen LogP contribution < -0.4 is 5.73 Å². The molecule has 0 aliphatic heterocycles.